The van der Waals surface area contributed by atoms with Gasteiger partial charge in [-0.15, -0.1) is 6.58 Å². The Labute approximate surface area is 83.9 Å². The van der Waals surface area contributed by atoms with E-state index in [1.807, 2.05) is 0 Å². The summed E-state index contributed by atoms with van der Waals surface area (Å²) in [5, 5.41) is 9.74. The molecule has 1 nitrogen and oxygen atoms in total. The minimum Gasteiger partial charge on any atom is -0.393 e. The Hall–Kier alpha value is -0.300. The lowest BCUT2D eigenvalue weighted by Crippen LogP contribution is -2.24. The fourth-order valence-electron chi connectivity index (χ4n) is 1.65. The van der Waals surface area contributed by atoms with Gasteiger partial charge in [0.15, 0.2) is 0 Å². The lowest BCUT2D eigenvalue weighted by atomic mass is 9.85. The van der Waals surface area contributed by atoms with Crippen LogP contribution in [0.3, 0.4) is 0 Å². The van der Waals surface area contributed by atoms with Gasteiger partial charge in [-0.1, -0.05) is 40.7 Å². The highest BCUT2D eigenvalue weighted by Crippen LogP contribution is 2.22. The first kappa shape index (κ1) is 15.2. The molecule has 0 radical (unpaired) electrons. The molecule has 0 heterocycles. The predicted molar refractivity (Wildman–Crippen MR) is 60.8 cm³/mol. The molecular weight excluding hydrogens is 160 g/mol. The van der Waals surface area contributed by atoms with E-state index in [2.05, 4.69) is 27.4 Å². The Morgan fingerprint density at radius 3 is 2.23 bits per heavy atom. The number of hydrogen-bond acceptors (Lipinski definition) is 1. The summed E-state index contributed by atoms with van der Waals surface area (Å²) in [5.41, 5.74) is 0. The number of aliphatic hydroxyl groups is 1. The van der Waals surface area contributed by atoms with E-state index < -0.39 is 0 Å². The predicted octanol–water partition coefficient (Wildman–Crippen LogP) is 3.63. The van der Waals surface area contributed by atoms with Crippen LogP contribution in [0, 0.1) is 11.8 Å². The molecular formula is C12H26O. The van der Waals surface area contributed by atoms with E-state index in [0.717, 1.165) is 19.3 Å². The third-order valence-electron chi connectivity index (χ3n) is 2.38. The van der Waals surface area contributed by atoms with Crippen LogP contribution in [-0.2, 0) is 0 Å². The molecule has 0 aromatic heterocycles. The van der Waals surface area contributed by atoms with Crippen LogP contribution in [0.15, 0.2) is 12.7 Å². The van der Waals surface area contributed by atoms with Gasteiger partial charge in [0.2, 0.25) is 0 Å². The van der Waals surface area contributed by atoms with Gasteiger partial charge < -0.3 is 5.11 Å². The lowest BCUT2D eigenvalue weighted by molar-refractivity contribution is 0.0780. The van der Waals surface area contributed by atoms with E-state index in [0.29, 0.717) is 11.8 Å². The maximum Gasteiger partial charge on any atom is 0.0605 e. The van der Waals surface area contributed by atoms with Gasteiger partial charge in [0.1, 0.15) is 0 Å². The first-order chi connectivity index (χ1) is 5.63. The smallest absolute Gasteiger partial charge is 0.0605 e. The Morgan fingerprint density at radius 2 is 1.92 bits per heavy atom. The van der Waals surface area contributed by atoms with Gasteiger partial charge in [0.25, 0.3) is 0 Å². The van der Waals surface area contributed by atoms with Crippen molar-refractivity contribution in [3.05, 3.63) is 12.7 Å². The van der Waals surface area contributed by atoms with Crippen LogP contribution < -0.4 is 0 Å². The molecule has 0 aliphatic rings. The van der Waals surface area contributed by atoms with Gasteiger partial charge in [0, 0.05) is 0 Å². The average molecular weight is 186 g/mol. The number of hydrogen-bond donors (Lipinski definition) is 1. The van der Waals surface area contributed by atoms with E-state index in [9.17, 15) is 5.11 Å². The summed E-state index contributed by atoms with van der Waals surface area (Å²) < 4.78 is 0. The van der Waals surface area contributed by atoms with Crippen LogP contribution in [0.5, 0.6) is 0 Å². The summed E-state index contributed by atoms with van der Waals surface area (Å²) in [6.45, 7) is 10.2. The molecule has 0 spiro atoms. The molecule has 0 amide bonds. The molecule has 0 saturated heterocycles. The highest BCUT2D eigenvalue weighted by molar-refractivity contribution is 4.79. The Bertz CT molecular complexity index is 118. The summed E-state index contributed by atoms with van der Waals surface area (Å²) in [7, 11) is 0. The van der Waals surface area contributed by atoms with E-state index in [1.165, 1.54) is 0 Å². The van der Waals surface area contributed by atoms with Crippen molar-refractivity contribution in [2.75, 3.05) is 0 Å². The first-order valence-electron chi connectivity index (χ1n) is 4.92. The standard InChI is InChI=1S/C11H22O.CH4/c1-5-7-10(9(3)4)11(12)8-6-2;/h6,9-12H,2,5,7-8H2,1,3-4H3;1H4/t10-,11-;/m0./s1. The third kappa shape index (κ3) is 5.87. The summed E-state index contributed by atoms with van der Waals surface area (Å²) >= 11 is 0. The molecule has 0 unspecified atom stereocenters. The monoisotopic (exact) mass is 186 g/mol. The molecule has 13 heavy (non-hydrogen) atoms. The second-order valence-electron chi connectivity index (χ2n) is 3.79. The third-order valence-corrected chi connectivity index (χ3v) is 2.38. The summed E-state index contributed by atoms with van der Waals surface area (Å²) in [5.74, 6) is 1.01. The Balaban J connectivity index is 0. The molecule has 80 valence electrons. The van der Waals surface area contributed by atoms with Gasteiger partial charge in [-0.2, -0.15) is 0 Å². The summed E-state index contributed by atoms with van der Waals surface area (Å²) in [6, 6.07) is 0. The lowest BCUT2D eigenvalue weighted by Gasteiger charge is -2.25. The molecule has 0 aliphatic heterocycles. The van der Waals surface area contributed by atoms with Crippen molar-refractivity contribution < 1.29 is 5.11 Å². The van der Waals surface area contributed by atoms with E-state index in [4.69, 9.17) is 0 Å². The molecule has 1 N–H and O–H groups in total. The van der Waals surface area contributed by atoms with Gasteiger partial charge >= 0.3 is 0 Å². The van der Waals surface area contributed by atoms with Crippen molar-refractivity contribution in [3.63, 3.8) is 0 Å². The molecule has 0 aliphatic carbocycles. The van der Waals surface area contributed by atoms with Crippen LogP contribution in [0.2, 0.25) is 0 Å². The largest absolute Gasteiger partial charge is 0.393 e. The van der Waals surface area contributed by atoms with Crippen LogP contribution in [0.25, 0.3) is 0 Å². The van der Waals surface area contributed by atoms with Crippen LogP contribution in [0.1, 0.15) is 47.5 Å². The first-order valence-corrected chi connectivity index (χ1v) is 4.92. The van der Waals surface area contributed by atoms with E-state index in [1.54, 1.807) is 6.08 Å². The van der Waals surface area contributed by atoms with E-state index in [-0.39, 0.29) is 13.5 Å². The topological polar surface area (TPSA) is 20.2 Å². The second kappa shape index (κ2) is 8.31. The van der Waals surface area contributed by atoms with Gasteiger partial charge in [-0.3, -0.25) is 0 Å². The second-order valence-corrected chi connectivity index (χ2v) is 3.79. The Morgan fingerprint density at radius 1 is 1.38 bits per heavy atom. The molecule has 0 fully saturated rings. The maximum atomic E-state index is 9.74. The van der Waals surface area contributed by atoms with Crippen molar-refractivity contribution in [3.8, 4) is 0 Å². The van der Waals surface area contributed by atoms with E-state index >= 15 is 0 Å². The number of rotatable bonds is 6. The van der Waals surface area contributed by atoms with Crippen LogP contribution in [0.4, 0.5) is 0 Å². The molecule has 0 saturated carbocycles. The minimum absolute atomic E-state index is 0. The number of aliphatic hydroxyl groups excluding tert-OH is 1. The molecule has 0 bridgehead atoms. The van der Waals surface area contributed by atoms with Crippen molar-refractivity contribution in [1.29, 1.82) is 0 Å². The van der Waals surface area contributed by atoms with Crippen molar-refractivity contribution in [1.82, 2.24) is 0 Å². The zero-order valence-corrected chi connectivity index (χ0v) is 8.59. The molecule has 1 heteroatoms. The van der Waals surface area contributed by atoms with Crippen molar-refractivity contribution >= 4 is 0 Å². The summed E-state index contributed by atoms with van der Waals surface area (Å²) in [6.07, 6.45) is 4.60. The van der Waals surface area contributed by atoms with Crippen molar-refractivity contribution in [2.45, 2.75) is 53.6 Å². The minimum atomic E-state index is -0.192. The normalized spacial score (nSPS) is 14.8. The molecule has 0 aromatic rings. The highest BCUT2D eigenvalue weighted by atomic mass is 16.3. The molecule has 0 rings (SSSR count). The van der Waals surface area contributed by atoms with Gasteiger partial charge in [-0.05, 0) is 24.7 Å². The average Bonchev–Trinajstić information content (AvgIpc) is 1.99. The quantitative estimate of drug-likeness (QED) is 0.628. The van der Waals surface area contributed by atoms with Gasteiger partial charge in [0.05, 0.1) is 6.10 Å². The van der Waals surface area contributed by atoms with Crippen molar-refractivity contribution in [2.24, 2.45) is 11.8 Å². The highest BCUT2D eigenvalue weighted by Gasteiger charge is 2.20. The molecule has 2 atom stereocenters. The van der Waals surface area contributed by atoms with Crippen LogP contribution >= 0.6 is 0 Å². The van der Waals surface area contributed by atoms with Gasteiger partial charge in [-0.25, -0.2) is 0 Å². The van der Waals surface area contributed by atoms with Crippen LogP contribution in [-0.4, -0.2) is 11.2 Å². The summed E-state index contributed by atoms with van der Waals surface area (Å²) in [4.78, 5) is 0. The maximum absolute atomic E-state index is 9.74. The Kier molecular flexibility index (Phi) is 9.70. The zero-order valence-electron chi connectivity index (χ0n) is 8.59. The zero-order chi connectivity index (χ0) is 9.56. The fourth-order valence-corrected chi connectivity index (χ4v) is 1.65. The SMILES string of the molecule is C.C=CC[C@H](O)[C@@H](CCC)C(C)C. The molecule has 0 aromatic carbocycles. The fraction of sp³-hybridized carbons (Fsp3) is 0.833.